The minimum Gasteiger partial charge on any atom is -1.00 e. The van der Waals surface area contributed by atoms with Gasteiger partial charge in [-0.1, -0.05) is 0 Å². The summed E-state index contributed by atoms with van der Waals surface area (Å²) < 4.78 is 34.4. The van der Waals surface area contributed by atoms with E-state index in [1.54, 1.807) is 0 Å². The van der Waals surface area contributed by atoms with E-state index in [0.29, 0.717) is 11.0 Å². The fourth-order valence-electron chi connectivity index (χ4n) is 0.413. The van der Waals surface area contributed by atoms with Gasteiger partial charge in [0.2, 0.25) is 10.4 Å². The minimum atomic E-state index is -4.51. The maximum Gasteiger partial charge on any atom is 2.00 e. The first kappa shape index (κ1) is 24.8. The summed E-state index contributed by atoms with van der Waals surface area (Å²) in [6, 6.07) is 0. The third-order valence-corrected chi connectivity index (χ3v) is 1.45. The van der Waals surface area contributed by atoms with Crippen molar-refractivity contribution in [1.82, 2.24) is 0 Å². The molecular formula is C5H13CaCl2NO4S. The number of halogens is 2. The number of hydrogen-bond acceptors (Lipinski definition) is 4. The number of quaternary nitrogens is 1. The third kappa shape index (κ3) is 23.5. The fourth-order valence-corrected chi connectivity index (χ4v) is 0.692. The van der Waals surface area contributed by atoms with Gasteiger partial charge in [0.15, 0.2) is 0 Å². The largest absolute Gasteiger partial charge is 2.00 e. The first-order valence-electron chi connectivity index (χ1n) is 3.11. The van der Waals surface area contributed by atoms with E-state index in [4.69, 9.17) is 0 Å². The molecule has 0 spiro atoms. The van der Waals surface area contributed by atoms with E-state index in [-0.39, 0.29) is 69.2 Å². The molecule has 14 heavy (non-hydrogen) atoms. The molecule has 0 heterocycles. The Balaban J connectivity index is -0.000000167. The van der Waals surface area contributed by atoms with Gasteiger partial charge in [-0.3, -0.25) is 4.18 Å². The Labute approximate surface area is 128 Å². The zero-order valence-corrected chi connectivity index (χ0v) is 12.9. The van der Waals surface area contributed by atoms with Crippen LogP contribution in [-0.4, -0.2) is 89.5 Å². The summed E-state index contributed by atoms with van der Waals surface area (Å²) >= 11 is 0. The minimum absolute atomic E-state index is 0. The Morgan fingerprint density at radius 2 is 1.57 bits per heavy atom. The molecule has 0 unspecified atom stereocenters. The van der Waals surface area contributed by atoms with Gasteiger partial charge in [0.05, 0.1) is 21.1 Å². The van der Waals surface area contributed by atoms with E-state index < -0.39 is 10.4 Å². The first-order chi connectivity index (χ1) is 4.71. The average Bonchev–Trinajstić information content (AvgIpc) is 1.55. The Morgan fingerprint density at radius 1 is 1.21 bits per heavy atom. The molecule has 84 valence electrons. The summed E-state index contributed by atoms with van der Waals surface area (Å²) in [4.78, 5) is 0. The molecule has 0 radical (unpaired) electrons. The van der Waals surface area contributed by atoms with Crippen LogP contribution >= 0.6 is 0 Å². The number of rotatable bonds is 4. The molecule has 9 heteroatoms. The maximum atomic E-state index is 9.93. The molecular weight excluding hydrogens is 281 g/mol. The molecule has 0 aromatic heterocycles. The summed E-state index contributed by atoms with van der Waals surface area (Å²) in [7, 11) is 1.12. The van der Waals surface area contributed by atoms with Crippen molar-refractivity contribution in [1.29, 1.82) is 0 Å². The molecule has 0 aliphatic rings. The maximum absolute atomic E-state index is 9.93. The summed E-state index contributed by atoms with van der Waals surface area (Å²) in [6.45, 7) is 0.427. The van der Waals surface area contributed by atoms with Crippen LogP contribution in [0.15, 0.2) is 0 Å². The van der Waals surface area contributed by atoms with Crippen LogP contribution in [0, 0.1) is 0 Å². The zero-order valence-electron chi connectivity index (χ0n) is 8.37. The van der Waals surface area contributed by atoms with Gasteiger partial charge >= 0.3 is 37.7 Å². The van der Waals surface area contributed by atoms with Crippen LogP contribution in [0.1, 0.15) is 0 Å². The number of hydrogen-bond donors (Lipinski definition) is 0. The van der Waals surface area contributed by atoms with E-state index in [9.17, 15) is 13.0 Å². The Morgan fingerprint density at radius 3 is 1.79 bits per heavy atom. The molecule has 0 bridgehead atoms. The average molecular weight is 294 g/mol. The molecule has 0 amide bonds. The van der Waals surface area contributed by atoms with Gasteiger partial charge in [-0.25, -0.2) is 8.42 Å². The van der Waals surface area contributed by atoms with Gasteiger partial charge in [0, 0.05) is 0 Å². The van der Waals surface area contributed by atoms with Crippen LogP contribution < -0.4 is 24.8 Å². The molecule has 0 aliphatic carbocycles. The molecule has 0 saturated carbocycles. The summed E-state index contributed by atoms with van der Waals surface area (Å²) in [6.07, 6.45) is 0. The van der Waals surface area contributed by atoms with E-state index in [0.717, 1.165) is 0 Å². The second kappa shape index (κ2) is 9.86. The second-order valence-corrected chi connectivity index (χ2v) is 4.30. The van der Waals surface area contributed by atoms with Gasteiger partial charge in [0.25, 0.3) is 0 Å². The molecule has 0 aromatic rings. The summed E-state index contributed by atoms with van der Waals surface area (Å²) in [5.74, 6) is 0. The predicted molar refractivity (Wildman–Crippen MR) is 44.3 cm³/mol. The van der Waals surface area contributed by atoms with Crippen molar-refractivity contribution in [2.75, 3.05) is 34.3 Å². The van der Waals surface area contributed by atoms with Crippen LogP contribution in [0.4, 0.5) is 0 Å². The van der Waals surface area contributed by atoms with Crippen LogP contribution in [0.25, 0.3) is 0 Å². The summed E-state index contributed by atoms with van der Waals surface area (Å²) in [5, 5.41) is 0. The smallest absolute Gasteiger partial charge is 1.00 e. The standard InChI is InChI=1S/C5H13NO4S.Ca.2ClH/c1-6(2,3)4-5-10-11(7,8)9;;;/h4-5H2,1-3H3;;2*1H/q;+2;;/p-2. The zero-order chi connectivity index (χ0) is 9.12. The van der Waals surface area contributed by atoms with Crippen molar-refractivity contribution in [3.8, 4) is 0 Å². The molecule has 0 aromatic carbocycles. The quantitative estimate of drug-likeness (QED) is 0.224. The number of likely N-dealkylation sites (N-methyl/N-ethyl adjacent to an activating group) is 1. The first-order valence-corrected chi connectivity index (χ1v) is 4.45. The van der Waals surface area contributed by atoms with Crippen molar-refractivity contribution in [3.05, 3.63) is 0 Å². The molecule has 0 rings (SSSR count). The van der Waals surface area contributed by atoms with E-state index in [1.165, 1.54) is 0 Å². The van der Waals surface area contributed by atoms with Crippen molar-refractivity contribution in [2.24, 2.45) is 0 Å². The van der Waals surface area contributed by atoms with Gasteiger partial charge < -0.3 is 33.8 Å². The van der Waals surface area contributed by atoms with Gasteiger partial charge in [-0.2, -0.15) is 0 Å². The van der Waals surface area contributed by atoms with Crippen LogP contribution in [0.3, 0.4) is 0 Å². The van der Waals surface area contributed by atoms with Crippen molar-refractivity contribution in [2.45, 2.75) is 0 Å². The molecule has 0 aliphatic heterocycles. The third-order valence-electron chi connectivity index (χ3n) is 0.990. The van der Waals surface area contributed by atoms with Gasteiger partial charge in [-0.15, -0.1) is 0 Å². The fraction of sp³-hybridized carbons (Fsp3) is 1.00. The van der Waals surface area contributed by atoms with Crippen LogP contribution in [0.2, 0.25) is 0 Å². The van der Waals surface area contributed by atoms with Crippen molar-refractivity contribution in [3.63, 3.8) is 0 Å². The van der Waals surface area contributed by atoms with E-state index >= 15 is 0 Å². The molecule has 0 fully saturated rings. The van der Waals surface area contributed by atoms with Crippen LogP contribution in [0.5, 0.6) is 0 Å². The van der Waals surface area contributed by atoms with Crippen molar-refractivity contribution >= 4 is 48.1 Å². The van der Waals surface area contributed by atoms with Gasteiger partial charge in [0.1, 0.15) is 13.2 Å². The normalized spacial score (nSPS) is 10.6. The monoisotopic (exact) mass is 293 g/mol. The number of nitrogens with zero attached hydrogens (tertiary/aromatic N) is 1. The topological polar surface area (TPSA) is 66.4 Å². The molecule has 5 nitrogen and oxygen atoms in total. The second-order valence-electron chi connectivity index (χ2n) is 3.24. The SMILES string of the molecule is C[N+](C)(C)CCOS(=O)(=O)[O-].[Ca+2].[Cl-].[Cl-]. The molecule has 0 N–H and O–H groups in total. The molecule has 0 atom stereocenters. The van der Waals surface area contributed by atoms with Crippen molar-refractivity contribution < 1.29 is 46.5 Å². The molecule has 0 saturated heterocycles. The Bertz CT molecular complexity index is 216. The predicted octanol–water partition coefficient (Wildman–Crippen LogP) is -7.20. The van der Waals surface area contributed by atoms with E-state index in [2.05, 4.69) is 4.18 Å². The Kier molecular flexibility index (Phi) is 17.4. The summed E-state index contributed by atoms with van der Waals surface area (Å²) in [5.41, 5.74) is 0. The van der Waals surface area contributed by atoms with E-state index in [1.807, 2.05) is 21.1 Å². The Hall–Kier alpha value is 1.67. The van der Waals surface area contributed by atoms with Crippen LogP contribution in [-0.2, 0) is 14.6 Å². The van der Waals surface area contributed by atoms with Gasteiger partial charge in [-0.05, 0) is 0 Å².